The Morgan fingerprint density at radius 3 is 1.29 bits per heavy atom. The van der Waals surface area contributed by atoms with Crippen molar-refractivity contribution < 1.29 is 14.2 Å². The van der Waals surface area contributed by atoms with E-state index in [1.165, 1.54) is 26.5 Å². The maximum absolute atomic E-state index is 8.16. The average Bonchev–Trinajstić information content (AvgIpc) is 0.667. The van der Waals surface area contributed by atoms with E-state index in [0.29, 0.717) is 0 Å². The van der Waals surface area contributed by atoms with E-state index in [1.54, 1.807) is 0 Å². The topological polar surface area (TPSA) is 40.6 Å². The maximum Gasteiger partial charge on any atom is 0.261 e. The molecule has 14 aromatic rings. The van der Waals surface area contributed by atoms with Gasteiger partial charge in [0, 0.05) is 60.6 Å². The van der Waals surface area contributed by atoms with Gasteiger partial charge in [0.1, 0.15) is 23.0 Å². The fourth-order valence-electron chi connectivity index (χ4n) is 17.8. The molecule has 7 nitrogen and oxygen atoms in total. The smallest absolute Gasteiger partial charge is 0.261 e. The summed E-state index contributed by atoms with van der Waals surface area (Å²) in [4.78, 5) is 12.8. The van der Waals surface area contributed by atoms with E-state index in [-0.39, 0.29) is 18.8 Å². The molecule has 8 heterocycles. The van der Waals surface area contributed by atoms with E-state index in [0.717, 1.165) is 174 Å². The minimum Gasteiger partial charge on any atom is -0.459 e. The van der Waals surface area contributed by atoms with Crippen molar-refractivity contribution in [2.24, 2.45) is 0 Å². The molecular weight excluding hydrogens is 1230 g/mol. The summed E-state index contributed by atoms with van der Waals surface area (Å²) in [6.45, 7) is 6.19. The first-order valence-corrected chi connectivity index (χ1v) is 35.1. The number of benzene rings is 14. The van der Waals surface area contributed by atoms with E-state index in [4.69, 9.17) is 14.2 Å². The SMILES string of the molecule is CC(C)(C)c1cc2c3c(c1)N(c1c(-c4ccccc4)cccc1-c1ccccc1)c1cc4c5c(c1B3c1c(cc3c6c1Oc1ccccc1B6c1cccc6c1N3c1ccccc1O6)N2c1ccccc1-c1ccccc1)Oc1ccccc1B5c1cccc2c1N4c1ccccc1S2. The minimum atomic E-state index is -0.506. The van der Waals surface area contributed by atoms with Gasteiger partial charge in [-0.2, -0.15) is 0 Å². The van der Waals surface area contributed by atoms with Gasteiger partial charge in [-0.3, -0.25) is 0 Å². The molecule has 0 N–H and O–H groups in total. The molecule has 8 aliphatic rings. The summed E-state index contributed by atoms with van der Waals surface area (Å²) < 4.78 is 23.3. The number of rotatable bonds is 5. The summed E-state index contributed by atoms with van der Waals surface area (Å²) in [6.07, 6.45) is 0. The molecule has 0 saturated heterocycles. The van der Waals surface area contributed by atoms with Gasteiger partial charge in [0.15, 0.2) is 11.5 Å². The van der Waals surface area contributed by atoms with Crippen LogP contribution in [0.15, 0.2) is 301 Å². The Hall–Kier alpha value is -11.8. The van der Waals surface area contributed by atoms with E-state index in [9.17, 15) is 0 Å². The van der Waals surface area contributed by atoms with Gasteiger partial charge in [-0.15, -0.1) is 0 Å². The van der Waals surface area contributed by atoms with Crippen molar-refractivity contribution in [2.75, 3.05) is 19.6 Å². The molecule has 0 spiro atoms. The van der Waals surface area contributed by atoms with Crippen molar-refractivity contribution in [3.05, 3.63) is 297 Å². The molecular formula is C88H57B3N4O3S. The number of anilines is 12. The summed E-state index contributed by atoms with van der Waals surface area (Å²) in [6, 6.07) is 108. The third-order valence-electron chi connectivity index (χ3n) is 21.8. The van der Waals surface area contributed by atoms with Crippen LogP contribution in [0, 0.1) is 0 Å². The van der Waals surface area contributed by atoms with E-state index < -0.39 is 6.71 Å². The highest BCUT2D eigenvalue weighted by molar-refractivity contribution is 7.99. The van der Waals surface area contributed by atoms with Crippen molar-refractivity contribution in [1.82, 2.24) is 0 Å². The summed E-state index contributed by atoms with van der Waals surface area (Å²) in [7, 11) is 0. The summed E-state index contributed by atoms with van der Waals surface area (Å²) >= 11 is 1.87. The molecule has 0 unspecified atom stereocenters. The zero-order chi connectivity index (χ0) is 65.1. The number of hydrogen-bond acceptors (Lipinski definition) is 8. The average molecular weight is 1280 g/mol. The van der Waals surface area contributed by atoms with Crippen LogP contribution in [0.1, 0.15) is 26.3 Å². The van der Waals surface area contributed by atoms with Crippen LogP contribution in [0.4, 0.5) is 68.2 Å². The molecule has 0 atom stereocenters. The number of hydrogen-bond donors (Lipinski definition) is 0. The Balaban J connectivity index is 0.960. The first-order valence-electron chi connectivity index (χ1n) is 34.3. The summed E-state index contributed by atoms with van der Waals surface area (Å²) in [5, 5.41) is 0. The van der Waals surface area contributed by atoms with Crippen molar-refractivity contribution in [2.45, 2.75) is 36.0 Å². The lowest BCUT2D eigenvalue weighted by Gasteiger charge is -2.50. The highest BCUT2D eigenvalue weighted by Gasteiger charge is 2.56. The zero-order valence-electron chi connectivity index (χ0n) is 54.4. The molecule has 8 aliphatic heterocycles. The molecule has 0 aromatic heterocycles. The third kappa shape index (κ3) is 7.63. The van der Waals surface area contributed by atoms with Gasteiger partial charge < -0.3 is 33.8 Å². The van der Waals surface area contributed by atoms with Crippen LogP contribution >= 0.6 is 11.8 Å². The Kier molecular flexibility index (Phi) is 11.4. The first-order chi connectivity index (χ1) is 48.8. The van der Waals surface area contributed by atoms with Crippen LogP contribution in [0.3, 0.4) is 0 Å². The second-order valence-electron chi connectivity index (χ2n) is 28.1. The first kappa shape index (κ1) is 55.4. The van der Waals surface area contributed by atoms with Gasteiger partial charge in [-0.1, -0.05) is 245 Å². The molecule has 0 aliphatic carbocycles. The van der Waals surface area contributed by atoms with Crippen molar-refractivity contribution >= 4 is 149 Å². The molecule has 0 amide bonds. The summed E-state index contributed by atoms with van der Waals surface area (Å²) in [5.41, 5.74) is 30.7. The summed E-state index contributed by atoms with van der Waals surface area (Å²) in [5.74, 6) is 5.01. The molecule has 0 fully saturated rings. The molecule has 22 rings (SSSR count). The fourth-order valence-corrected chi connectivity index (χ4v) is 18.9. The van der Waals surface area contributed by atoms with Crippen LogP contribution in [0.5, 0.6) is 34.5 Å². The van der Waals surface area contributed by atoms with Gasteiger partial charge in [0.05, 0.1) is 34.1 Å². The minimum absolute atomic E-state index is 0.185. The Labute approximate surface area is 580 Å². The van der Waals surface area contributed by atoms with Gasteiger partial charge in [0.25, 0.3) is 20.1 Å². The molecule has 0 bridgehead atoms. The maximum atomic E-state index is 8.16. The normalized spacial score (nSPS) is 14.3. The van der Waals surface area contributed by atoms with Crippen molar-refractivity contribution in [3.63, 3.8) is 0 Å². The van der Waals surface area contributed by atoms with Gasteiger partial charge in [-0.05, 0) is 156 Å². The Morgan fingerprint density at radius 2 is 0.677 bits per heavy atom. The van der Waals surface area contributed by atoms with Crippen molar-refractivity contribution in [3.8, 4) is 67.9 Å². The number of nitrogens with zero attached hydrogens (tertiary/aromatic N) is 4. The predicted molar refractivity (Wildman–Crippen MR) is 411 cm³/mol. The standard InChI is InChI=1S/C88H57B3N4O3S/c1-88(2,3)55-48-66-78-67(49-55)95(83-57(53-28-9-5-10-29-53)33-23-34-58(83)54-30-11-6-12-31-54)71-51-70-80-87(98-73-43-20-15-36-60(73)90(80)62-38-25-47-77-85(62)94(70)65-41-18-22-46-76(65)99-77)82(71)91(78)81-68(92(66)63-39-16-13-32-56(63)52-26-7-4-8-27-52)50-69-79-86(81)97-72-42-19-14-35-59(72)89(79)61-37-24-45-75-84(61)93(69)64-40-17-21-44-74(64)96-75/h4-51H,1-3H3. The Morgan fingerprint density at radius 1 is 0.273 bits per heavy atom. The van der Waals surface area contributed by atoms with Crippen LogP contribution in [-0.4, -0.2) is 20.1 Å². The monoisotopic (exact) mass is 1280 g/mol. The van der Waals surface area contributed by atoms with Crippen LogP contribution in [0.2, 0.25) is 0 Å². The second kappa shape index (κ2) is 20.4. The quantitative estimate of drug-likeness (QED) is 0.158. The van der Waals surface area contributed by atoms with Gasteiger partial charge >= 0.3 is 0 Å². The lowest BCUT2D eigenvalue weighted by atomic mass is 9.28. The second-order valence-corrected chi connectivity index (χ2v) is 29.2. The Bertz CT molecular complexity index is 5820. The van der Waals surface area contributed by atoms with E-state index >= 15 is 0 Å². The zero-order valence-corrected chi connectivity index (χ0v) is 55.2. The number of fused-ring (bicyclic) bond motifs is 18. The van der Waals surface area contributed by atoms with Crippen LogP contribution in [0.25, 0.3) is 33.4 Å². The molecule has 0 radical (unpaired) electrons. The van der Waals surface area contributed by atoms with Gasteiger partial charge in [-0.25, -0.2) is 0 Å². The highest BCUT2D eigenvalue weighted by Crippen LogP contribution is 2.60. The fraction of sp³-hybridized carbons (Fsp3) is 0.0455. The lowest BCUT2D eigenvalue weighted by molar-refractivity contribution is 0.476. The number of para-hydroxylation sites is 9. The predicted octanol–water partition coefficient (Wildman–Crippen LogP) is 17.4. The molecule has 14 aromatic carbocycles. The molecule has 99 heavy (non-hydrogen) atoms. The highest BCUT2D eigenvalue weighted by atomic mass is 32.2. The largest absolute Gasteiger partial charge is 0.459 e. The lowest BCUT2D eigenvalue weighted by Crippen LogP contribution is -2.67. The molecule has 462 valence electrons. The number of ether oxygens (including phenoxy) is 3. The van der Waals surface area contributed by atoms with Crippen molar-refractivity contribution in [1.29, 1.82) is 0 Å². The van der Waals surface area contributed by atoms with E-state index in [2.05, 4.69) is 332 Å². The third-order valence-corrected chi connectivity index (χ3v) is 23.0. The molecule has 0 saturated carbocycles. The van der Waals surface area contributed by atoms with E-state index in [1.807, 2.05) is 11.8 Å². The van der Waals surface area contributed by atoms with Gasteiger partial charge in [0.2, 0.25) is 0 Å². The van der Waals surface area contributed by atoms with Crippen LogP contribution in [-0.2, 0) is 5.41 Å². The van der Waals surface area contributed by atoms with Crippen LogP contribution < -0.4 is 83.0 Å². The molecule has 11 heteroatoms.